The molecular formula is C34H50O6. The van der Waals surface area contributed by atoms with Gasteiger partial charge in [0.1, 0.15) is 12.7 Å². The SMILES string of the molecule is CC(=O)OCC1(C)C(OC(C)=O)CCC2(C)C3CC(=O)C(=C(C)C=CC=C(C)C(O)CC=C(C)C)C3(C)CCC12. The molecule has 0 heterocycles. The van der Waals surface area contributed by atoms with Gasteiger partial charge in [-0.1, -0.05) is 50.6 Å². The molecule has 3 fully saturated rings. The van der Waals surface area contributed by atoms with Crippen molar-refractivity contribution in [1.29, 1.82) is 0 Å². The minimum absolute atomic E-state index is 0.145. The molecule has 0 spiro atoms. The van der Waals surface area contributed by atoms with Crippen molar-refractivity contribution in [2.75, 3.05) is 6.61 Å². The second kappa shape index (κ2) is 12.2. The Labute approximate surface area is 241 Å². The van der Waals surface area contributed by atoms with Crippen LogP contribution in [0.3, 0.4) is 0 Å². The molecule has 0 aromatic rings. The molecule has 0 aliphatic heterocycles. The third-order valence-electron chi connectivity index (χ3n) is 10.3. The van der Waals surface area contributed by atoms with Gasteiger partial charge in [-0.3, -0.25) is 14.4 Å². The number of hydrogen-bond acceptors (Lipinski definition) is 6. The van der Waals surface area contributed by atoms with Crippen LogP contribution in [0.5, 0.6) is 0 Å². The van der Waals surface area contributed by atoms with Gasteiger partial charge in [-0.2, -0.15) is 0 Å². The van der Waals surface area contributed by atoms with E-state index >= 15 is 0 Å². The van der Waals surface area contributed by atoms with E-state index in [0.717, 1.165) is 36.0 Å². The number of fused-ring (bicyclic) bond motifs is 3. The molecule has 0 aromatic heterocycles. The number of carbonyl (C=O) groups is 3. The maximum absolute atomic E-state index is 13.7. The highest BCUT2D eigenvalue weighted by Crippen LogP contribution is 2.69. The number of ether oxygens (including phenoxy) is 2. The Kier molecular flexibility index (Phi) is 9.76. The average Bonchev–Trinajstić information content (AvgIpc) is 3.14. The summed E-state index contributed by atoms with van der Waals surface area (Å²) in [7, 11) is 0. The highest BCUT2D eigenvalue weighted by Gasteiger charge is 2.66. The van der Waals surface area contributed by atoms with Gasteiger partial charge in [-0.05, 0) is 88.2 Å². The van der Waals surface area contributed by atoms with Gasteiger partial charge in [0.05, 0.1) is 6.10 Å². The molecule has 40 heavy (non-hydrogen) atoms. The van der Waals surface area contributed by atoms with E-state index in [1.807, 2.05) is 52.0 Å². The van der Waals surface area contributed by atoms with Crippen LogP contribution in [-0.4, -0.2) is 41.6 Å². The summed E-state index contributed by atoms with van der Waals surface area (Å²) < 4.78 is 11.4. The van der Waals surface area contributed by atoms with E-state index in [1.165, 1.54) is 19.4 Å². The molecule has 6 heteroatoms. The fraction of sp³-hybridized carbons (Fsp3) is 0.676. The standard InChI is InChI=1S/C34H50O6/c1-21(2)13-14-26(37)22(3)11-10-12-23(4)31-27(38)19-29-32(7)18-16-30(40-25(6)36)34(9,20-39-24(5)35)28(32)15-17-33(29,31)8/h10-13,26,28-30,37H,14-20H2,1-9H3. The zero-order valence-electron chi connectivity index (χ0n) is 26.1. The first kappa shape index (κ1) is 32.0. The first-order chi connectivity index (χ1) is 18.6. The van der Waals surface area contributed by atoms with Crippen LogP contribution in [0.4, 0.5) is 0 Å². The number of carbonyl (C=O) groups excluding carboxylic acids is 3. The van der Waals surface area contributed by atoms with E-state index in [-0.39, 0.29) is 53.1 Å². The van der Waals surface area contributed by atoms with Crippen molar-refractivity contribution in [2.24, 2.45) is 28.1 Å². The molecule has 0 radical (unpaired) electrons. The van der Waals surface area contributed by atoms with Crippen molar-refractivity contribution < 1.29 is 29.0 Å². The molecular weight excluding hydrogens is 504 g/mol. The van der Waals surface area contributed by atoms with Crippen LogP contribution in [-0.2, 0) is 23.9 Å². The Morgan fingerprint density at radius 3 is 2.27 bits per heavy atom. The van der Waals surface area contributed by atoms with Crippen LogP contribution >= 0.6 is 0 Å². The Hall–Kier alpha value is -2.47. The van der Waals surface area contributed by atoms with E-state index in [9.17, 15) is 19.5 Å². The third-order valence-corrected chi connectivity index (χ3v) is 10.3. The molecule has 222 valence electrons. The lowest BCUT2D eigenvalue weighted by atomic mass is 9.43. The van der Waals surface area contributed by atoms with Crippen LogP contribution in [0.2, 0.25) is 0 Å². The number of Topliss-reactive ketones (excluding diaryl/α,β-unsaturated/α-hetero) is 1. The Morgan fingerprint density at radius 1 is 1.00 bits per heavy atom. The van der Waals surface area contributed by atoms with Crippen LogP contribution in [0, 0.1) is 28.1 Å². The van der Waals surface area contributed by atoms with E-state index in [0.29, 0.717) is 19.3 Å². The van der Waals surface area contributed by atoms with Crippen molar-refractivity contribution in [1.82, 2.24) is 0 Å². The summed E-state index contributed by atoms with van der Waals surface area (Å²) in [5, 5.41) is 10.4. The minimum atomic E-state index is -0.527. The molecule has 6 nitrogen and oxygen atoms in total. The molecule has 1 N–H and O–H groups in total. The second-order valence-corrected chi connectivity index (χ2v) is 13.5. The van der Waals surface area contributed by atoms with Crippen molar-refractivity contribution in [3.05, 3.63) is 46.6 Å². The maximum atomic E-state index is 13.7. The van der Waals surface area contributed by atoms with Gasteiger partial charge in [0, 0.05) is 36.7 Å². The molecule has 0 saturated heterocycles. The van der Waals surface area contributed by atoms with Gasteiger partial charge in [0.2, 0.25) is 0 Å². The molecule has 0 bridgehead atoms. The Balaban J connectivity index is 1.92. The van der Waals surface area contributed by atoms with Gasteiger partial charge >= 0.3 is 11.9 Å². The number of allylic oxidation sites excluding steroid dienone is 6. The minimum Gasteiger partial charge on any atom is -0.465 e. The van der Waals surface area contributed by atoms with E-state index in [4.69, 9.17) is 9.47 Å². The summed E-state index contributed by atoms with van der Waals surface area (Å²) in [4.78, 5) is 37.5. The van der Waals surface area contributed by atoms with Gasteiger partial charge < -0.3 is 14.6 Å². The lowest BCUT2D eigenvalue weighted by Crippen LogP contribution is -2.60. The molecule has 3 rings (SSSR count). The first-order valence-corrected chi connectivity index (χ1v) is 14.8. The molecule has 0 amide bonds. The van der Waals surface area contributed by atoms with Crippen molar-refractivity contribution >= 4 is 17.7 Å². The summed E-state index contributed by atoms with van der Waals surface area (Å²) >= 11 is 0. The van der Waals surface area contributed by atoms with E-state index < -0.39 is 11.5 Å². The van der Waals surface area contributed by atoms with Crippen molar-refractivity contribution in [3.63, 3.8) is 0 Å². The summed E-state index contributed by atoms with van der Waals surface area (Å²) in [6, 6.07) is 0. The fourth-order valence-electron chi connectivity index (χ4n) is 8.30. The highest BCUT2D eigenvalue weighted by molar-refractivity contribution is 6.00. The quantitative estimate of drug-likeness (QED) is 0.153. The number of aliphatic hydroxyl groups excluding tert-OH is 1. The first-order valence-electron chi connectivity index (χ1n) is 14.8. The molecule has 3 aliphatic carbocycles. The number of esters is 2. The van der Waals surface area contributed by atoms with Crippen molar-refractivity contribution in [2.45, 2.75) is 113 Å². The third kappa shape index (κ3) is 6.22. The number of rotatable bonds is 8. The summed E-state index contributed by atoms with van der Waals surface area (Å²) in [6.07, 6.45) is 11.4. The molecule has 3 aliphatic rings. The van der Waals surface area contributed by atoms with Crippen molar-refractivity contribution in [3.8, 4) is 0 Å². The fourth-order valence-corrected chi connectivity index (χ4v) is 8.30. The predicted molar refractivity (Wildman–Crippen MR) is 157 cm³/mol. The second-order valence-electron chi connectivity index (χ2n) is 13.5. The smallest absolute Gasteiger partial charge is 0.302 e. The van der Waals surface area contributed by atoms with E-state index in [1.54, 1.807) is 0 Å². The highest BCUT2D eigenvalue weighted by atomic mass is 16.6. The molecule has 7 unspecified atom stereocenters. The molecule has 7 atom stereocenters. The monoisotopic (exact) mass is 554 g/mol. The number of ketones is 1. The van der Waals surface area contributed by atoms with Gasteiger partial charge in [0.25, 0.3) is 0 Å². The van der Waals surface area contributed by atoms with Crippen LogP contribution in [0.1, 0.15) is 101 Å². The van der Waals surface area contributed by atoms with Gasteiger partial charge in [0.15, 0.2) is 5.78 Å². The van der Waals surface area contributed by atoms with Crippen LogP contribution in [0.15, 0.2) is 46.6 Å². The zero-order chi connectivity index (χ0) is 30.0. The summed E-state index contributed by atoms with van der Waals surface area (Å²) in [5.74, 6) is -0.146. The summed E-state index contributed by atoms with van der Waals surface area (Å²) in [6.45, 7) is 17.7. The number of aliphatic hydroxyl groups is 1. The summed E-state index contributed by atoms with van der Waals surface area (Å²) in [5.41, 5.74) is 3.04. The van der Waals surface area contributed by atoms with Gasteiger partial charge in [-0.25, -0.2) is 0 Å². The average molecular weight is 555 g/mol. The Morgan fingerprint density at radius 2 is 1.68 bits per heavy atom. The zero-order valence-corrected chi connectivity index (χ0v) is 26.1. The van der Waals surface area contributed by atoms with Crippen LogP contribution < -0.4 is 0 Å². The Bertz CT molecular complexity index is 1140. The topological polar surface area (TPSA) is 89.9 Å². The lowest BCUT2D eigenvalue weighted by Gasteiger charge is -2.62. The molecule has 0 aromatic carbocycles. The van der Waals surface area contributed by atoms with E-state index in [2.05, 4.69) is 20.8 Å². The van der Waals surface area contributed by atoms with Crippen LogP contribution in [0.25, 0.3) is 0 Å². The van der Waals surface area contributed by atoms with Gasteiger partial charge in [-0.15, -0.1) is 0 Å². The largest absolute Gasteiger partial charge is 0.465 e. The lowest BCUT2D eigenvalue weighted by molar-refractivity contribution is -0.203. The number of hydrogen-bond donors (Lipinski definition) is 1. The molecule has 3 saturated carbocycles. The maximum Gasteiger partial charge on any atom is 0.302 e. The normalized spacial score (nSPS) is 36.0. The predicted octanol–water partition coefficient (Wildman–Crippen LogP) is 6.83.